The van der Waals surface area contributed by atoms with Crippen LogP contribution in [-0.2, 0) is 10.0 Å². The first-order valence-corrected chi connectivity index (χ1v) is 12.7. The van der Waals surface area contributed by atoms with E-state index in [2.05, 4.69) is 20.2 Å². The Hall–Kier alpha value is -3.83. The highest BCUT2D eigenvalue weighted by molar-refractivity contribution is 7.98. The van der Waals surface area contributed by atoms with Crippen LogP contribution in [-0.4, -0.2) is 37.9 Å². The van der Waals surface area contributed by atoms with Gasteiger partial charge in [0.1, 0.15) is 5.75 Å². The van der Waals surface area contributed by atoms with Gasteiger partial charge in [-0.25, -0.2) is 8.42 Å². The molecule has 1 amide bonds. The van der Waals surface area contributed by atoms with E-state index in [0.29, 0.717) is 5.75 Å². The number of para-hydroxylation sites is 1. The Kier molecular flexibility index (Phi) is 6.85. The number of aromatic nitrogens is 2. The van der Waals surface area contributed by atoms with E-state index in [1.54, 1.807) is 12.1 Å². The number of anilines is 2. The second-order valence-electron chi connectivity index (χ2n) is 6.89. The van der Waals surface area contributed by atoms with Crippen LogP contribution in [0, 0.1) is 0 Å². The zero-order chi connectivity index (χ0) is 24.1. The minimum atomic E-state index is -3.95. The summed E-state index contributed by atoms with van der Waals surface area (Å²) in [5.41, 5.74) is 0.933. The first-order chi connectivity index (χ1) is 16.4. The lowest BCUT2D eigenvalue weighted by atomic mass is 10.2. The molecule has 0 aliphatic heterocycles. The van der Waals surface area contributed by atoms with Crippen LogP contribution in [0.2, 0.25) is 0 Å². The Morgan fingerprint density at radius 1 is 0.971 bits per heavy atom. The van der Waals surface area contributed by atoms with E-state index in [0.717, 1.165) is 10.5 Å². The molecule has 0 fully saturated rings. The predicted octanol–water partition coefficient (Wildman–Crippen LogP) is 4.52. The van der Waals surface area contributed by atoms with Crippen molar-refractivity contribution in [2.24, 2.45) is 0 Å². The van der Waals surface area contributed by atoms with E-state index in [1.165, 1.54) is 55.3 Å². The molecule has 2 N–H and O–H groups in total. The smallest absolute Gasteiger partial charge is 0.322 e. The van der Waals surface area contributed by atoms with E-state index < -0.39 is 15.9 Å². The molecular formula is C23H20N4O5S2. The molecule has 0 aliphatic rings. The fraction of sp³-hybridized carbons (Fsp3) is 0.0870. The number of benzene rings is 3. The summed E-state index contributed by atoms with van der Waals surface area (Å²) in [6.07, 6.45) is 1.93. The number of rotatable bonds is 8. The number of hydrogen-bond acceptors (Lipinski definition) is 8. The number of hydrogen-bond donors (Lipinski definition) is 2. The number of carbonyl (C=O) groups excluding carboxylic acids is 1. The first kappa shape index (κ1) is 23.3. The zero-order valence-corrected chi connectivity index (χ0v) is 19.8. The van der Waals surface area contributed by atoms with Crippen LogP contribution in [0.5, 0.6) is 5.75 Å². The van der Waals surface area contributed by atoms with Gasteiger partial charge in [-0.2, -0.15) is 0 Å². The van der Waals surface area contributed by atoms with E-state index >= 15 is 0 Å². The third kappa shape index (κ3) is 5.05. The predicted molar refractivity (Wildman–Crippen MR) is 130 cm³/mol. The van der Waals surface area contributed by atoms with Crippen LogP contribution in [0.15, 0.2) is 87.0 Å². The van der Waals surface area contributed by atoms with Crippen molar-refractivity contribution in [3.05, 3.63) is 78.4 Å². The number of sulfonamides is 1. The van der Waals surface area contributed by atoms with Crippen LogP contribution in [0.4, 0.5) is 11.7 Å². The second-order valence-corrected chi connectivity index (χ2v) is 9.42. The molecule has 1 heterocycles. The second kappa shape index (κ2) is 9.98. The van der Waals surface area contributed by atoms with Crippen molar-refractivity contribution < 1.29 is 22.4 Å². The van der Waals surface area contributed by atoms with Gasteiger partial charge in [0, 0.05) is 4.90 Å². The first-order valence-electron chi connectivity index (χ1n) is 9.95. The summed E-state index contributed by atoms with van der Waals surface area (Å²) in [4.78, 5) is 13.9. The normalized spacial score (nSPS) is 11.1. The molecule has 0 saturated heterocycles. The molecule has 11 heteroatoms. The summed E-state index contributed by atoms with van der Waals surface area (Å²) < 4.78 is 38.8. The van der Waals surface area contributed by atoms with Gasteiger partial charge in [0.2, 0.25) is 0 Å². The molecule has 1 aromatic heterocycles. The third-order valence-corrected chi connectivity index (χ3v) is 6.95. The highest BCUT2D eigenvalue weighted by atomic mass is 32.2. The molecule has 34 heavy (non-hydrogen) atoms. The molecule has 0 aliphatic carbocycles. The molecule has 4 aromatic rings. The van der Waals surface area contributed by atoms with Gasteiger partial charge < -0.3 is 9.15 Å². The zero-order valence-electron chi connectivity index (χ0n) is 18.2. The van der Waals surface area contributed by atoms with E-state index in [9.17, 15) is 13.2 Å². The van der Waals surface area contributed by atoms with Gasteiger partial charge in [-0.1, -0.05) is 29.4 Å². The molecule has 0 spiro atoms. The lowest BCUT2D eigenvalue weighted by Crippen LogP contribution is -2.18. The van der Waals surface area contributed by atoms with Gasteiger partial charge in [0.25, 0.3) is 21.8 Å². The summed E-state index contributed by atoms with van der Waals surface area (Å²) in [5, 5.41) is 10.4. The minimum Gasteiger partial charge on any atom is -0.497 e. The number of nitrogens with zero attached hydrogens (tertiary/aromatic N) is 2. The summed E-state index contributed by atoms with van der Waals surface area (Å²) in [6.45, 7) is 0. The Morgan fingerprint density at radius 3 is 2.41 bits per heavy atom. The number of carbonyl (C=O) groups is 1. The molecule has 0 unspecified atom stereocenters. The molecule has 174 valence electrons. The summed E-state index contributed by atoms with van der Waals surface area (Å²) in [5.74, 6) is 0.174. The molecule has 4 rings (SSSR count). The van der Waals surface area contributed by atoms with Crippen molar-refractivity contribution in [2.45, 2.75) is 9.79 Å². The minimum absolute atomic E-state index is 0.0255. The molecule has 3 aromatic carbocycles. The Morgan fingerprint density at radius 2 is 1.68 bits per heavy atom. The lowest BCUT2D eigenvalue weighted by Gasteiger charge is -2.12. The Bertz CT molecular complexity index is 1420. The average molecular weight is 497 g/mol. The van der Waals surface area contributed by atoms with Crippen molar-refractivity contribution >= 4 is 39.4 Å². The summed E-state index contributed by atoms with van der Waals surface area (Å²) in [6, 6.07) is 19.5. The van der Waals surface area contributed by atoms with Gasteiger partial charge in [0.05, 0.1) is 28.8 Å². The number of ether oxygens (including phenoxy) is 1. The Labute approximate surface area is 200 Å². The number of amides is 1. The van der Waals surface area contributed by atoms with Gasteiger partial charge in [-0.3, -0.25) is 14.8 Å². The van der Waals surface area contributed by atoms with Crippen LogP contribution >= 0.6 is 11.8 Å². The monoisotopic (exact) mass is 496 g/mol. The van der Waals surface area contributed by atoms with Crippen molar-refractivity contribution in [3.8, 4) is 17.2 Å². The van der Waals surface area contributed by atoms with Crippen molar-refractivity contribution in [3.63, 3.8) is 0 Å². The molecule has 9 nitrogen and oxygen atoms in total. The van der Waals surface area contributed by atoms with E-state index in [1.807, 2.05) is 30.5 Å². The van der Waals surface area contributed by atoms with Crippen LogP contribution in [0.1, 0.15) is 10.4 Å². The standard InChI is InChI=1S/C23H20N4O5S2/c1-31-15-11-13-16(14-12-15)34(29,30)27-19-9-5-3-7-17(19)21(28)24-23-26-25-22(32-23)18-8-4-6-10-20(18)33-2/h3-14,27H,1-2H3,(H,24,26,28). The molecule has 0 atom stereocenters. The van der Waals surface area contributed by atoms with Gasteiger partial charge in [-0.15, -0.1) is 16.9 Å². The SMILES string of the molecule is COc1ccc(S(=O)(=O)Nc2ccccc2C(=O)Nc2nnc(-c3ccccc3SC)o2)cc1. The number of thioether (sulfide) groups is 1. The molecule has 0 bridgehead atoms. The van der Waals surface area contributed by atoms with Gasteiger partial charge in [0.15, 0.2) is 0 Å². The average Bonchev–Trinajstić information content (AvgIpc) is 3.32. The number of nitrogens with one attached hydrogen (secondary N) is 2. The Balaban J connectivity index is 1.55. The fourth-order valence-electron chi connectivity index (χ4n) is 3.10. The van der Waals surface area contributed by atoms with Crippen molar-refractivity contribution in [2.75, 3.05) is 23.4 Å². The van der Waals surface area contributed by atoms with Crippen molar-refractivity contribution in [1.82, 2.24) is 10.2 Å². The van der Waals surface area contributed by atoms with Gasteiger partial charge >= 0.3 is 6.01 Å². The van der Waals surface area contributed by atoms with Crippen LogP contribution < -0.4 is 14.8 Å². The van der Waals surface area contributed by atoms with Crippen LogP contribution in [0.25, 0.3) is 11.5 Å². The number of methoxy groups -OCH3 is 1. The maximum Gasteiger partial charge on any atom is 0.322 e. The third-order valence-electron chi connectivity index (χ3n) is 4.77. The molecular weight excluding hydrogens is 476 g/mol. The summed E-state index contributed by atoms with van der Waals surface area (Å²) >= 11 is 1.53. The fourth-order valence-corrected chi connectivity index (χ4v) is 4.77. The molecule has 0 radical (unpaired) electrons. The molecule has 0 saturated carbocycles. The highest BCUT2D eigenvalue weighted by Crippen LogP contribution is 2.30. The van der Waals surface area contributed by atoms with Crippen molar-refractivity contribution in [1.29, 1.82) is 0 Å². The summed E-state index contributed by atoms with van der Waals surface area (Å²) in [7, 11) is -2.46. The quantitative estimate of drug-likeness (QED) is 0.341. The van der Waals surface area contributed by atoms with E-state index in [-0.39, 0.29) is 28.1 Å². The topological polar surface area (TPSA) is 123 Å². The van der Waals surface area contributed by atoms with E-state index in [4.69, 9.17) is 9.15 Å². The maximum absolute atomic E-state index is 12.9. The maximum atomic E-state index is 12.9. The largest absolute Gasteiger partial charge is 0.497 e. The van der Waals surface area contributed by atoms with Gasteiger partial charge in [-0.05, 0) is 54.8 Å². The van der Waals surface area contributed by atoms with Crippen LogP contribution in [0.3, 0.4) is 0 Å². The highest BCUT2D eigenvalue weighted by Gasteiger charge is 2.20. The lowest BCUT2D eigenvalue weighted by molar-refractivity contribution is 0.102.